The number of nitrogens with zero attached hydrogens (tertiary/aromatic N) is 4. The quantitative estimate of drug-likeness (QED) is 0.246. The Labute approximate surface area is 205 Å². The second-order valence-corrected chi connectivity index (χ2v) is 8.00. The van der Waals surface area contributed by atoms with Crippen molar-refractivity contribution in [3.8, 4) is 5.82 Å². The van der Waals surface area contributed by atoms with Crippen LogP contribution in [-0.2, 0) is 10.9 Å². The van der Waals surface area contributed by atoms with Crippen molar-refractivity contribution in [1.29, 1.82) is 0 Å². The topological polar surface area (TPSA) is 158 Å². The van der Waals surface area contributed by atoms with E-state index in [4.69, 9.17) is 17.3 Å². The van der Waals surface area contributed by atoms with Gasteiger partial charge in [0.2, 0.25) is 0 Å². The molecule has 0 unspecified atom stereocenters. The van der Waals surface area contributed by atoms with Gasteiger partial charge in [0.15, 0.2) is 11.5 Å². The SMILES string of the molecule is NC(=O)OC(=O)c1c(NC(=O)c2cc(C(F)(F)F)nn2-c2ncccc2Cl)c(Br)cc2cn[nH]c12. The first-order chi connectivity index (χ1) is 16.5. The first-order valence-corrected chi connectivity index (χ1v) is 10.4. The van der Waals surface area contributed by atoms with Crippen LogP contribution in [0.2, 0.25) is 5.02 Å². The van der Waals surface area contributed by atoms with Crippen LogP contribution in [0.1, 0.15) is 26.5 Å². The number of fused-ring (bicyclic) bond motifs is 1. The lowest BCUT2D eigenvalue weighted by Crippen LogP contribution is -2.23. The van der Waals surface area contributed by atoms with Gasteiger partial charge in [-0.25, -0.2) is 19.3 Å². The van der Waals surface area contributed by atoms with Gasteiger partial charge in [-0.1, -0.05) is 11.6 Å². The van der Waals surface area contributed by atoms with Crippen LogP contribution in [0.5, 0.6) is 0 Å². The fourth-order valence-corrected chi connectivity index (χ4v) is 3.83. The number of H-pyrrole nitrogens is 1. The molecule has 0 spiro atoms. The molecule has 2 amide bonds. The first-order valence-electron chi connectivity index (χ1n) is 9.24. The number of ether oxygens (including phenoxy) is 1. The van der Waals surface area contributed by atoms with Crippen LogP contribution in [0.25, 0.3) is 16.7 Å². The summed E-state index contributed by atoms with van der Waals surface area (Å²) in [4.78, 5) is 40.8. The number of aromatic amines is 1. The van der Waals surface area contributed by atoms with Crippen molar-refractivity contribution in [2.75, 3.05) is 5.32 Å². The van der Waals surface area contributed by atoms with Crippen LogP contribution >= 0.6 is 27.5 Å². The van der Waals surface area contributed by atoms with Gasteiger partial charge in [0.1, 0.15) is 11.3 Å². The van der Waals surface area contributed by atoms with Gasteiger partial charge in [0.25, 0.3) is 5.91 Å². The Morgan fingerprint density at radius 2 is 2.00 bits per heavy atom. The Hall–Kier alpha value is -3.98. The molecule has 0 bridgehead atoms. The maximum atomic E-state index is 13.4. The monoisotopic (exact) mass is 571 g/mol. The van der Waals surface area contributed by atoms with E-state index in [-0.39, 0.29) is 32.1 Å². The third-order valence-corrected chi connectivity index (χ3v) is 5.42. The van der Waals surface area contributed by atoms with Gasteiger partial charge in [-0.3, -0.25) is 9.89 Å². The highest BCUT2D eigenvalue weighted by Crippen LogP contribution is 2.35. The number of benzene rings is 1. The standard InChI is InChI=1S/C19H10BrClF3N7O4/c20-8-4-7-6-27-29-13(7)12(17(33)35-18(25)34)14(8)28-16(32)10-5-11(19(22,23)24)30-31(10)15-9(21)2-1-3-26-15/h1-6H,(H2,25,34)(H,27,29)(H,28,32). The minimum absolute atomic E-state index is 0.0620. The van der Waals surface area contributed by atoms with Gasteiger partial charge in [0, 0.05) is 22.1 Å². The molecule has 4 rings (SSSR count). The van der Waals surface area contributed by atoms with Gasteiger partial charge < -0.3 is 15.8 Å². The highest BCUT2D eigenvalue weighted by atomic mass is 79.9. The number of hydrogen-bond acceptors (Lipinski definition) is 7. The number of hydrogen-bond donors (Lipinski definition) is 3. The third kappa shape index (κ3) is 4.67. The minimum Gasteiger partial charge on any atom is -0.373 e. The van der Waals surface area contributed by atoms with Crippen molar-refractivity contribution < 1.29 is 32.3 Å². The van der Waals surface area contributed by atoms with Gasteiger partial charge in [-0.2, -0.15) is 23.4 Å². The van der Waals surface area contributed by atoms with Crippen molar-refractivity contribution >= 4 is 62.1 Å². The molecular formula is C19H10BrClF3N7O4. The lowest BCUT2D eigenvalue weighted by molar-refractivity contribution is -0.141. The fraction of sp³-hybridized carbons (Fsp3) is 0.0526. The number of rotatable bonds is 4. The lowest BCUT2D eigenvalue weighted by atomic mass is 10.1. The summed E-state index contributed by atoms with van der Waals surface area (Å²) in [6, 6.07) is 4.74. The van der Waals surface area contributed by atoms with Crippen molar-refractivity contribution in [2.24, 2.45) is 5.73 Å². The molecule has 0 aliphatic rings. The van der Waals surface area contributed by atoms with E-state index in [1.165, 1.54) is 30.6 Å². The van der Waals surface area contributed by atoms with E-state index in [2.05, 4.69) is 46.3 Å². The summed E-state index contributed by atoms with van der Waals surface area (Å²) in [6.45, 7) is 0. The minimum atomic E-state index is -4.90. The average molecular weight is 573 g/mol. The number of aromatic nitrogens is 5. The molecule has 0 atom stereocenters. The van der Waals surface area contributed by atoms with Crippen molar-refractivity contribution in [3.63, 3.8) is 0 Å². The number of carbonyl (C=O) groups is 3. The molecule has 0 aliphatic heterocycles. The number of esters is 1. The number of nitrogens with two attached hydrogens (primary N) is 1. The molecule has 0 fully saturated rings. The molecule has 11 nitrogen and oxygen atoms in total. The average Bonchev–Trinajstić information content (AvgIpc) is 3.41. The smallest absolute Gasteiger partial charge is 0.373 e. The predicted molar refractivity (Wildman–Crippen MR) is 118 cm³/mol. The largest absolute Gasteiger partial charge is 0.435 e. The summed E-state index contributed by atoms with van der Waals surface area (Å²) in [7, 11) is 0. The highest BCUT2D eigenvalue weighted by molar-refractivity contribution is 9.10. The summed E-state index contributed by atoms with van der Waals surface area (Å²) in [5.74, 6) is -2.62. The van der Waals surface area contributed by atoms with Crippen molar-refractivity contribution in [2.45, 2.75) is 6.18 Å². The summed E-state index contributed by atoms with van der Waals surface area (Å²) >= 11 is 9.24. The highest BCUT2D eigenvalue weighted by Gasteiger charge is 2.37. The van der Waals surface area contributed by atoms with E-state index >= 15 is 0 Å². The molecule has 4 aromatic rings. The maximum absolute atomic E-state index is 13.4. The Bertz CT molecular complexity index is 1500. The van der Waals surface area contributed by atoms with Crippen LogP contribution in [0, 0.1) is 0 Å². The molecule has 1 aromatic carbocycles. The molecule has 0 saturated carbocycles. The van der Waals surface area contributed by atoms with Gasteiger partial charge >= 0.3 is 18.2 Å². The summed E-state index contributed by atoms with van der Waals surface area (Å²) in [5.41, 5.74) is 2.39. The number of pyridine rings is 1. The number of amides is 2. The Kier molecular flexibility index (Phi) is 6.21. The predicted octanol–water partition coefficient (Wildman–Crippen LogP) is 4.07. The van der Waals surface area contributed by atoms with Crippen molar-refractivity contribution in [3.05, 3.63) is 63.1 Å². The zero-order valence-corrected chi connectivity index (χ0v) is 19.2. The number of carbonyl (C=O) groups excluding carboxylic acids is 3. The van der Waals surface area contributed by atoms with E-state index in [0.717, 1.165) is 0 Å². The van der Waals surface area contributed by atoms with Crippen LogP contribution in [0.4, 0.5) is 23.7 Å². The Morgan fingerprint density at radius 1 is 1.26 bits per heavy atom. The number of alkyl halides is 3. The van der Waals surface area contributed by atoms with E-state index in [1.807, 2.05) is 0 Å². The van der Waals surface area contributed by atoms with Crippen LogP contribution in [-0.4, -0.2) is 42.9 Å². The second kappa shape index (κ2) is 8.99. The normalized spacial score (nSPS) is 11.5. The maximum Gasteiger partial charge on any atom is 0.435 e. The molecule has 35 heavy (non-hydrogen) atoms. The molecule has 4 N–H and O–H groups in total. The number of anilines is 1. The molecule has 180 valence electrons. The van der Waals surface area contributed by atoms with Crippen LogP contribution in [0.15, 0.2) is 41.1 Å². The zero-order chi connectivity index (χ0) is 25.5. The number of halogens is 5. The van der Waals surface area contributed by atoms with E-state index in [1.54, 1.807) is 0 Å². The number of primary amides is 1. The molecule has 3 aromatic heterocycles. The summed E-state index contributed by atoms with van der Waals surface area (Å²) in [5, 5.41) is 12.4. The van der Waals surface area contributed by atoms with Crippen molar-refractivity contribution in [1.82, 2.24) is 25.0 Å². The molecule has 0 aliphatic carbocycles. The molecule has 0 radical (unpaired) electrons. The Balaban J connectivity index is 1.85. The third-order valence-electron chi connectivity index (χ3n) is 4.50. The summed E-state index contributed by atoms with van der Waals surface area (Å²) < 4.78 is 45.4. The zero-order valence-electron chi connectivity index (χ0n) is 16.9. The fourth-order valence-electron chi connectivity index (χ4n) is 3.08. The molecule has 16 heteroatoms. The number of nitrogens with one attached hydrogen (secondary N) is 2. The van der Waals surface area contributed by atoms with Gasteiger partial charge in [-0.05, 0) is 34.1 Å². The molecular weight excluding hydrogens is 563 g/mol. The Morgan fingerprint density at radius 3 is 2.66 bits per heavy atom. The van der Waals surface area contributed by atoms with E-state index in [0.29, 0.717) is 16.1 Å². The van der Waals surface area contributed by atoms with Gasteiger partial charge in [0.05, 0.1) is 22.4 Å². The first kappa shape index (κ1) is 24.2. The summed E-state index contributed by atoms with van der Waals surface area (Å²) in [6.07, 6.45) is -3.72. The van der Waals surface area contributed by atoms with E-state index in [9.17, 15) is 27.6 Å². The van der Waals surface area contributed by atoms with Crippen LogP contribution < -0.4 is 11.1 Å². The molecule has 0 saturated heterocycles. The molecule has 3 heterocycles. The van der Waals surface area contributed by atoms with Crippen LogP contribution in [0.3, 0.4) is 0 Å². The lowest BCUT2D eigenvalue weighted by Gasteiger charge is -2.14. The second-order valence-electron chi connectivity index (χ2n) is 6.74. The van der Waals surface area contributed by atoms with E-state index < -0.39 is 35.5 Å². The van der Waals surface area contributed by atoms with Gasteiger partial charge in [-0.15, -0.1) is 0 Å².